The monoisotopic (exact) mass is 661 g/mol. The van der Waals surface area contributed by atoms with Crippen molar-refractivity contribution in [1.82, 2.24) is 10.2 Å². The smallest absolute Gasteiger partial charge is 0.264 e. The molecular weight excluding hydrogens is 622 g/mol. The molecule has 0 saturated carbocycles. The summed E-state index contributed by atoms with van der Waals surface area (Å²) in [4.78, 5) is 29.9. The van der Waals surface area contributed by atoms with Crippen LogP contribution in [0.5, 0.6) is 5.75 Å². The molecule has 1 unspecified atom stereocenters. The van der Waals surface area contributed by atoms with Gasteiger partial charge in [-0.1, -0.05) is 85.6 Å². The maximum atomic E-state index is 14.6. The lowest BCUT2D eigenvalue weighted by Gasteiger charge is -2.34. The van der Waals surface area contributed by atoms with Crippen LogP contribution in [0, 0.1) is 6.92 Å². The van der Waals surface area contributed by atoms with Crippen molar-refractivity contribution < 1.29 is 22.7 Å². The fourth-order valence-electron chi connectivity index (χ4n) is 5.12. The van der Waals surface area contributed by atoms with E-state index in [2.05, 4.69) is 5.32 Å². The summed E-state index contributed by atoms with van der Waals surface area (Å²) in [5.74, 6) is -0.240. The van der Waals surface area contributed by atoms with Crippen LogP contribution in [0.25, 0.3) is 0 Å². The molecule has 0 bridgehead atoms. The lowest BCUT2D eigenvalue weighted by molar-refractivity contribution is -0.140. The number of hydrogen-bond acceptors (Lipinski definition) is 5. The normalized spacial score (nSPS) is 11.8. The maximum absolute atomic E-state index is 14.6. The van der Waals surface area contributed by atoms with E-state index in [0.717, 1.165) is 28.3 Å². The van der Waals surface area contributed by atoms with Gasteiger partial charge < -0.3 is 15.0 Å². The summed E-state index contributed by atoms with van der Waals surface area (Å²) >= 11 is 6.07. The van der Waals surface area contributed by atoms with E-state index in [1.54, 1.807) is 50.4 Å². The summed E-state index contributed by atoms with van der Waals surface area (Å²) in [6.45, 7) is 3.80. The van der Waals surface area contributed by atoms with Crippen molar-refractivity contribution in [2.45, 2.75) is 50.6 Å². The van der Waals surface area contributed by atoms with E-state index in [9.17, 15) is 18.0 Å². The Morgan fingerprint density at radius 1 is 0.891 bits per heavy atom. The van der Waals surface area contributed by atoms with Crippen LogP contribution in [0.2, 0.25) is 5.02 Å². The number of ether oxygens (including phenoxy) is 1. The minimum Gasteiger partial charge on any atom is -0.497 e. The summed E-state index contributed by atoms with van der Waals surface area (Å²) < 4.78 is 34.9. The molecule has 0 aliphatic heterocycles. The SMILES string of the molecule is CCCCNC(=O)C(Cc1ccccc1)N(Cc1cccc(OC)c1)C(=O)CN(c1ccccc1C)S(=O)(=O)c1ccc(Cl)cc1. The third kappa shape index (κ3) is 8.89. The largest absolute Gasteiger partial charge is 0.497 e. The Morgan fingerprint density at radius 2 is 1.57 bits per heavy atom. The minimum absolute atomic E-state index is 0.00885. The second-order valence-electron chi connectivity index (χ2n) is 11.0. The molecule has 0 aliphatic rings. The fraction of sp³-hybridized carbons (Fsp3) is 0.278. The number of benzene rings is 4. The quantitative estimate of drug-likeness (QED) is 0.149. The van der Waals surface area contributed by atoms with Crippen LogP contribution < -0.4 is 14.4 Å². The van der Waals surface area contributed by atoms with Crippen LogP contribution in [0.15, 0.2) is 108 Å². The van der Waals surface area contributed by atoms with Crippen LogP contribution in [0.1, 0.15) is 36.5 Å². The number of nitrogens with one attached hydrogen (secondary N) is 1. The first-order valence-electron chi connectivity index (χ1n) is 15.2. The number of aryl methyl sites for hydroxylation is 1. The summed E-state index contributed by atoms with van der Waals surface area (Å²) in [5, 5.41) is 3.39. The number of halogens is 1. The first-order chi connectivity index (χ1) is 22.1. The molecule has 1 atom stereocenters. The molecule has 242 valence electrons. The Labute approximate surface area is 277 Å². The first-order valence-corrected chi connectivity index (χ1v) is 17.0. The van der Waals surface area contributed by atoms with E-state index in [-0.39, 0.29) is 23.8 Å². The van der Waals surface area contributed by atoms with E-state index >= 15 is 0 Å². The average molecular weight is 662 g/mol. The zero-order valence-corrected chi connectivity index (χ0v) is 27.9. The zero-order valence-electron chi connectivity index (χ0n) is 26.4. The van der Waals surface area contributed by atoms with E-state index in [1.165, 1.54) is 29.2 Å². The standard InChI is InChI=1S/C36H40ClN3O5S/c1-4-5-22-38-36(42)34(24-28-13-7-6-8-14-28)39(25-29-15-11-16-31(23-29)45-3)35(41)26-40(33-17-10-9-12-27(33)2)46(43,44)32-20-18-30(37)19-21-32/h6-21,23,34H,4-5,22,24-26H2,1-3H3,(H,38,42). The fourth-order valence-corrected chi connectivity index (χ4v) is 6.72. The molecule has 0 aliphatic carbocycles. The predicted octanol–water partition coefficient (Wildman–Crippen LogP) is 6.41. The average Bonchev–Trinajstić information content (AvgIpc) is 3.06. The summed E-state index contributed by atoms with van der Waals surface area (Å²) in [5.41, 5.74) is 2.63. The molecule has 8 nitrogen and oxygen atoms in total. The first kappa shape index (κ1) is 34.5. The van der Waals surface area contributed by atoms with Gasteiger partial charge in [0.25, 0.3) is 10.0 Å². The van der Waals surface area contributed by atoms with Gasteiger partial charge >= 0.3 is 0 Å². The molecule has 4 aromatic carbocycles. The molecule has 4 aromatic rings. The van der Waals surface area contributed by atoms with Gasteiger partial charge in [0.1, 0.15) is 18.3 Å². The Balaban J connectivity index is 1.81. The number of para-hydroxylation sites is 1. The molecule has 2 amide bonds. The molecule has 0 heterocycles. The van der Waals surface area contributed by atoms with Gasteiger partial charge in [-0.25, -0.2) is 8.42 Å². The number of anilines is 1. The lowest BCUT2D eigenvalue weighted by Crippen LogP contribution is -2.53. The highest BCUT2D eigenvalue weighted by Gasteiger charge is 2.35. The number of sulfonamides is 1. The van der Waals surface area contributed by atoms with Crippen LogP contribution in [0.3, 0.4) is 0 Å². The molecule has 4 rings (SSSR count). The molecule has 0 fully saturated rings. The van der Waals surface area contributed by atoms with Gasteiger partial charge in [-0.3, -0.25) is 13.9 Å². The maximum Gasteiger partial charge on any atom is 0.264 e. The number of carbonyl (C=O) groups is 2. The van der Waals surface area contributed by atoms with Crippen molar-refractivity contribution in [2.75, 3.05) is 24.5 Å². The number of methoxy groups -OCH3 is 1. The van der Waals surface area contributed by atoms with Crippen molar-refractivity contribution in [3.63, 3.8) is 0 Å². The second kappa shape index (κ2) is 16.3. The van der Waals surface area contributed by atoms with Gasteiger partial charge in [0.2, 0.25) is 11.8 Å². The summed E-state index contributed by atoms with van der Waals surface area (Å²) in [6, 6.07) is 28.6. The van der Waals surface area contributed by atoms with Crippen LogP contribution in [0.4, 0.5) is 5.69 Å². The Bertz CT molecular complexity index is 1720. The second-order valence-corrected chi connectivity index (χ2v) is 13.3. The number of nitrogens with zero attached hydrogens (tertiary/aromatic N) is 2. The van der Waals surface area contributed by atoms with Crippen LogP contribution >= 0.6 is 11.6 Å². The van der Waals surface area contributed by atoms with Crippen molar-refractivity contribution in [3.8, 4) is 5.75 Å². The Kier molecular flexibility index (Phi) is 12.2. The highest BCUT2D eigenvalue weighted by Crippen LogP contribution is 2.28. The van der Waals surface area contributed by atoms with Crippen molar-refractivity contribution in [1.29, 1.82) is 0 Å². The van der Waals surface area contributed by atoms with E-state index in [0.29, 0.717) is 28.6 Å². The third-order valence-electron chi connectivity index (χ3n) is 7.65. The minimum atomic E-state index is -4.22. The lowest BCUT2D eigenvalue weighted by atomic mass is 10.0. The molecule has 1 N–H and O–H groups in total. The summed E-state index contributed by atoms with van der Waals surface area (Å²) in [7, 11) is -2.66. The number of rotatable bonds is 15. The number of amides is 2. The molecular formula is C36H40ClN3O5S. The molecule has 10 heteroatoms. The van der Waals surface area contributed by atoms with Crippen LogP contribution in [-0.2, 0) is 32.6 Å². The number of carbonyl (C=O) groups excluding carboxylic acids is 2. The van der Waals surface area contributed by atoms with Gasteiger partial charge in [-0.2, -0.15) is 0 Å². The number of hydrogen-bond donors (Lipinski definition) is 1. The predicted molar refractivity (Wildman–Crippen MR) is 183 cm³/mol. The van der Waals surface area contributed by atoms with Crippen molar-refractivity contribution in [3.05, 3.63) is 125 Å². The van der Waals surface area contributed by atoms with Gasteiger partial charge in [0.05, 0.1) is 17.7 Å². The van der Waals surface area contributed by atoms with Gasteiger partial charge in [-0.05, 0) is 72.5 Å². The molecule has 46 heavy (non-hydrogen) atoms. The zero-order chi connectivity index (χ0) is 33.1. The highest BCUT2D eigenvalue weighted by molar-refractivity contribution is 7.92. The molecule has 0 radical (unpaired) electrons. The molecule has 0 spiro atoms. The Morgan fingerprint density at radius 3 is 2.24 bits per heavy atom. The van der Waals surface area contributed by atoms with Crippen LogP contribution in [-0.4, -0.2) is 51.4 Å². The molecule has 0 saturated heterocycles. The highest BCUT2D eigenvalue weighted by atomic mass is 35.5. The van der Waals surface area contributed by atoms with Gasteiger partial charge in [-0.15, -0.1) is 0 Å². The number of unbranched alkanes of at least 4 members (excludes halogenated alkanes) is 1. The molecule has 0 aromatic heterocycles. The van der Waals surface area contributed by atoms with E-state index in [1.807, 2.05) is 49.4 Å². The van der Waals surface area contributed by atoms with E-state index < -0.39 is 28.5 Å². The van der Waals surface area contributed by atoms with Crippen molar-refractivity contribution in [2.24, 2.45) is 0 Å². The summed E-state index contributed by atoms with van der Waals surface area (Å²) in [6.07, 6.45) is 1.92. The van der Waals surface area contributed by atoms with Gasteiger partial charge in [0.15, 0.2) is 0 Å². The van der Waals surface area contributed by atoms with Gasteiger partial charge in [0, 0.05) is 24.5 Å². The third-order valence-corrected chi connectivity index (χ3v) is 9.68. The topological polar surface area (TPSA) is 96.0 Å². The van der Waals surface area contributed by atoms with Crippen molar-refractivity contribution >= 4 is 39.1 Å². The Hall–Kier alpha value is -4.34. The van der Waals surface area contributed by atoms with E-state index in [4.69, 9.17) is 16.3 Å².